The number of amides is 1. The molecule has 2 aliphatic rings. The number of benzene rings is 2. The molecule has 0 saturated heterocycles. The summed E-state index contributed by atoms with van der Waals surface area (Å²) in [4.78, 5) is 14.9. The smallest absolute Gasteiger partial charge is 0.497 e. The lowest BCUT2D eigenvalue weighted by atomic mass is 9.82. The van der Waals surface area contributed by atoms with Crippen molar-refractivity contribution in [3.05, 3.63) is 82.5 Å². The van der Waals surface area contributed by atoms with E-state index in [0.29, 0.717) is 35.1 Å². The SMILES string of the molecule is COc1cc2c(c(OC)c1)C(C1=CC(C)(OC(F)(F)F)CC=C1)N(C(=O)c1ccc(F)cc1F)CC2. The molecule has 10 heteroatoms. The van der Waals surface area contributed by atoms with Gasteiger partial charge in [0.25, 0.3) is 5.91 Å². The molecule has 2 atom stereocenters. The molecule has 1 aliphatic heterocycles. The van der Waals surface area contributed by atoms with Crippen molar-refractivity contribution in [2.24, 2.45) is 0 Å². The number of carbonyl (C=O) groups excluding carboxylic acids is 1. The molecule has 0 radical (unpaired) electrons. The Bertz CT molecular complexity index is 1220. The summed E-state index contributed by atoms with van der Waals surface area (Å²) in [6.45, 7) is 1.41. The van der Waals surface area contributed by atoms with E-state index >= 15 is 0 Å². The highest BCUT2D eigenvalue weighted by atomic mass is 19.4. The van der Waals surface area contributed by atoms with Crippen molar-refractivity contribution >= 4 is 5.91 Å². The molecule has 0 N–H and O–H groups in total. The van der Waals surface area contributed by atoms with E-state index in [0.717, 1.165) is 17.7 Å². The quantitative estimate of drug-likeness (QED) is 0.471. The number of fused-ring (bicyclic) bond motifs is 1. The van der Waals surface area contributed by atoms with Crippen LogP contribution in [0.4, 0.5) is 22.0 Å². The minimum Gasteiger partial charge on any atom is -0.497 e. The summed E-state index contributed by atoms with van der Waals surface area (Å²) in [7, 11) is 2.91. The van der Waals surface area contributed by atoms with Gasteiger partial charge in [-0.05, 0) is 55.2 Å². The number of halogens is 5. The topological polar surface area (TPSA) is 48.0 Å². The molecular formula is C26H24F5NO4. The molecule has 1 amide bonds. The van der Waals surface area contributed by atoms with Crippen LogP contribution in [0.3, 0.4) is 0 Å². The first-order valence-corrected chi connectivity index (χ1v) is 11.1. The Balaban J connectivity index is 1.88. The molecule has 0 bridgehead atoms. The summed E-state index contributed by atoms with van der Waals surface area (Å²) in [5.41, 5.74) is -0.443. The van der Waals surface area contributed by atoms with Crippen LogP contribution >= 0.6 is 0 Å². The van der Waals surface area contributed by atoms with E-state index in [1.807, 2.05) is 0 Å². The molecule has 0 aromatic heterocycles. The van der Waals surface area contributed by atoms with E-state index in [1.54, 1.807) is 18.2 Å². The number of carbonyl (C=O) groups is 1. The summed E-state index contributed by atoms with van der Waals surface area (Å²) in [5, 5.41) is 0. The van der Waals surface area contributed by atoms with Crippen LogP contribution in [0.5, 0.6) is 11.5 Å². The second-order valence-corrected chi connectivity index (χ2v) is 8.79. The zero-order valence-electron chi connectivity index (χ0n) is 19.8. The second-order valence-electron chi connectivity index (χ2n) is 8.79. The Hall–Kier alpha value is -3.40. The summed E-state index contributed by atoms with van der Waals surface area (Å²) >= 11 is 0. The van der Waals surface area contributed by atoms with E-state index in [9.17, 15) is 26.7 Å². The van der Waals surface area contributed by atoms with Crippen LogP contribution in [0.2, 0.25) is 0 Å². The minimum atomic E-state index is -4.89. The molecule has 0 fully saturated rings. The van der Waals surface area contributed by atoms with E-state index in [1.165, 1.54) is 38.2 Å². The first-order chi connectivity index (χ1) is 16.9. The van der Waals surface area contributed by atoms with Crippen LogP contribution in [-0.4, -0.2) is 43.5 Å². The number of ether oxygens (including phenoxy) is 3. The maximum Gasteiger partial charge on any atom is 0.523 e. The van der Waals surface area contributed by atoms with Crippen molar-refractivity contribution in [3.63, 3.8) is 0 Å². The van der Waals surface area contributed by atoms with Gasteiger partial charge in [0, 0.05) is 24.2 Å². The van der Waals surface area contributed by atoms with Gasteiger partial charge in [0.05, 0.1) is 31.4 Å². The molecule has 1 heterocycles. The summed E-state index contributed by atoms with van der Waals surface area (Å²) < 4.78 is 82.8. The Morgan fingerprint density at radius 1 is 1.11 bits per heavy atom. The van der Waals surface area contributed by atoms with Gasteiger partial charge in [-0.1, -0.05) is 12.2 Å². The van der Waals surface area contributed by atoms with Crippen LogP contribution in [0.1, 0.15) is 40.9 Å². The third-order valence-electron chi connectivity index (χ3n) is 6.26. The van der Waals surface area contributed by atoms with E-state index in [-0.39, 0.29) is 18.5 Å². The van der Waals surface area contributed by atoms with Crippen molar-refractivity contribution in [1.82, 2.24) is 4.90 Å². The minimum absolute atomic E-state index is 0.0458. The zero-order chi connectivity index (χ0) is 26.3. The maximum atomic E-state index is 14.6. The predicted molar refractivity (Wildman–Crippen MR) is 121 cm³/mol. The van der Waals surface area contributed by atoms with Gasteiger partial charge in [-0.15, -0.1) is 13.2 Å². The Morgan fingerprint density at radius 2 is 1.86 bits per heavy atom. The van der Waals surface area contributed by atoms with Gasteiger partial charge in [-0.3, -0.25) is 9.53 Å². The van der Waals surface area contributed by atoms with E-state index in [4.69, 9.17) is 9.47 Å². The monoisotopic (exact) mass is 509 g/mol. The van der Waals surface area contributed by atoms with Gasteiger partial charge in [-0.25, -0.2) is 8.78 Å². The predicted octanol–water partition coefficient (Wildman–Crippen LogP) is 5.90. The zero-order valence-corrected chi connectivity index (χ0v) is 19.8. The molecule has 5 nitrogen and oxygen atoms in total. The third-order valence-corrected chi connectivity index (χ3v) is 6.26. The number of alkyl halides is 3. The third kappa shape index (κ3) is 5.09. The number of hydrogen-bond donors (Lipinski definition) is 0. The molecule has 0 spiro atoms. The van der Waals surface area contributed by atoms with Crippen LogP contribution in [0.25, 0.3) is 0 Å². The molecule has 2 aromatic rings. The van der Waals surface area contributed by atoms with Crippen molar-refractivity contribution in [1.29, 1.82) is 0 Å². The molecule has 2 unspecified atom stereocenters. The van der Waals surface area contributed by atoms with Gasteiger partial charge >= 0.3 is 6.36 Å². The van der Waals surface area contributed by atoms with Crippen molar-refractivity contribution < 1.29 is 41.0 Å². The summed E-state index contributed by atoms with van der Waals surface area (Å²) in [6.07, 6.45) is -0.106. The molecule has 1 aliphatic carbocycles. The summed E-state index contributed by atoms with van der Waals surface area (Å²) in [6, 6.07) is 5.08. The fourth-order valence-electron chi connectivity index (χ4n) is 4.76. The molecular weight excluding hydrogens is 485 g/mol. The second kappa shape index (κ2) is 9.57. The average Bonchev–Trinajstić information content (AvgIpc) is 2.80. The van der Waals surface area contributed by atoms with Crippen LogP contribution in [0.15, 0.2) is 54.1 Å². The van der Waals surface area contributed by atoms with Gasteiger partial charge in [-0.2, -0.15) is 0 Å². The average molecular weight is 509 g/mol. The first-order valence-electron chi connectivity index (χ1n) is 11.1. The highest BCUT2D eigenvalue weighted by Gasteiger charge is 2.43. The van der Waals surface area contributed by atoms with Crippen molar-refractivity contribution in [2.75, 3.05) is 20.8 Å². The molecule has 192 valence electrons. The van der Waals surface area contributed by atoms with Crippen molar-refractivity contribution in [2.45, 2.75) is 37.8 Å². The maximum absolute atomic E-state index is 14.6. The lowest BCUT2D eigenvalue weighted by Gasteiger charge is -2.41. The van der Waals surface area contributed by atoms with E-state index < -0.39 is 35.5 Å². The number of hydrogen-bond acceptors (Lipinski definition) is 4. The normalized spacial score (nSPS) is 21.6. The molecule has 36 heavy (non-hydrogen) atoms. The van der Waals surface area contributed by atoms with Crippen molar-refractivity contribution in [3.8, 4) is 11.5 Å². The lowest BCUT2D eigenvalue weighted by molar-refractivity contribution is -0.355. The van der Waals surface area contributed by atoms with E-state index in [2.05, 4.69) is 4.74 Å². The Morgan fingerprint density at radius 3 is 2.50 bits per heavy atom. The highest BCUT2D eigenvalue weighted by molar-refractivity contribution is 5.95. The highest BCUT2D eigenvalue weighted by Crippen LogP contribution is 2.46. The fourth-order valence-corrected chi connectivity index (χ4v) is 4.76. The number of methoxy groups -OCH3 is 2. The fraction of sp³-hybridized carbons (Fsp3) is 0.346. The lowest BCUT2D eigenvalue weighted by Crippen LogP contribution is -2.43. The molecule has 2 aromatic carbocycles. The Labute approximate surface area is 204 Å². The number of rotatable bonds is 5. The van der Waals surface area contributed by atoms with Crippen LogP contribution in [-0.2, 0) is 11.2 Å². The largest absolute Gasteiger partial charge is 0.523 e. The first kappa shape index (κ1) is 25.7. The van der Waals surface area contributed by atoms with Crippen LogP contribution in [0, 0.1) is 11.6 Å². The van der Waals surface area contributed by atoms with Gasteiger partial charge in [0.1, 0.15) is 23.1 Å². The van der Waals surface area contributed by atoms with Crippen LogP contribution < -0.4 is 9.47 Å². The standard InChI is InChI=1S/C26H24F5NO4/c1-25(36-26(29,30)31)9-4-5-16(14-25)23-22-15(11-18(34-2)13-21(22)35-3)8-10-32(23)24(33)19-7-6-17(27)12-20(19)28/h4-7,11-14,23H,8-10H2,1-3H3. The molecule has 4 rings (SSSR count). The summed E-state index contributed by atoms with van der Waals surface area (Å²) in [5.74, 6) is -1.75. The number of nitrogens with zero attached hydrogens (tertiary/aromatic N) is 1. The van der Waals surface area contributed by atoms with Gasteiger partial charge in [0.15, 0.2) is 0 Å². The van der Waals surface area contributed by atoms with Gasteiger partial charge < -0.3 is 14.4 Å². The molecule has 0 saturated carbocycles. The Kier molecular flexibility index (Phi) is 6.83. The van der Waals surface area contributed by atoms with Gasteiger partial charge in [0.2, 0.25) is 0 Å².